The lowest BCUT2D eigenvalue weighted by molar-refractivity contribution is -0.0498. The lowest BCUT2D eigenvalue weighted by Gasteiger charge is -2.19. The van der Waals surface area contributed by atoms with Crippen molar-refractivity contribution in [1.29, 1.82) is 0 Å². The van der Waals surface area contributed by atoms with E-state index < -0.39 is 6.61 Å². The zero-order chi connectivity index (χ0) is 22.1. The van der Waals surface area contributed by atoms with Crippen molar-refractivity contribution < 1.29 is 23.0 Å². The van der Waals surface area contributed by atoms with Gasteiger partial charge in [-0.25, -0.2) is 9.36 Å². The normalized spacial score (nSPS) is 12.7. The molecule has 5 rings (SSSR count). The second kappa shape index (κ2) is 8.14. The molecule has 2 aromatic heterocycles. The van der Waals surface area contributed by atoms with Crippen LogP contribution in [0.15, 0.2) is 71.8 Å². The molecule has 0 N–H and O–H groups in total. The standard InChI is InChI=1S/C22H16F2N4O4/c23-22(24)32-16-3-1-2-14(12-16)27-9-7-18(29)21(26-27)17-6-8-25-28(17)15-4-5-19-20(13-15)31-11-10-30-19/h1-9,12-13,22H,10-11H2. The molecule has 0 unspecified atom stereocenters. The summed E-state index contributed by atoms with van der Waals surface area (Å²) in [5, 5.41) is 8.75. The van der Waals surface area contributed by atoms with Gasteiger partial charge in [0.15, 0.2) is 17.2 Å². The van der Waals surface area contributed by atoms with Crippen molar-refractivity contribution >= 4 is 0 Å². The molecule has 32 heavy (non-hydrogen) atoms. The number of ether oxygens (including phenoxy) is 3. The van der Waals surface area contributed by atoms with Crippen molar-refractivity contribution in [1.82, 2.24) is 19.6 Å². The number of rotatable bonds is 5. The molecule has 10 heteroatoms. The van der Waals surface area contributed by atoms with Gasteiger partial charge in [0.05, 0.1) is 23.3 Å². The molecule has 0 aliphatic carbocycles. The Hall–Kier alpha value is -4.21. The Morgan fingerprint density at radius 2 is 1.81 bits per heavy atom. The molecule has 0 saturated carbocycles. The van der Waals surface area contributed by atoms with Gasteiger partial charge in [-0.2, -0.15) is 19.0 Å². The number of fused-ring (bicyclic) bond motifs is 1. The van der Waals surface area contributed by atoms with Crippen molar-refractivity contribution in [3.63, 3.8) is 0 Å². The summed E-state index contributed by atoms with van der Waals surface area (Å²) >= 11 is 0. The van der Waals surface area contributed by atoms with Crippen molar-refractivity contribution in [2.24, 2.45) is 0 Å². The van der Waals surface area contributed by atoms with Crippen molar-refractivity contribution in [2.75, 3.05) is 13.2 Å². The summed E-state index contributed by atoms with van der Waals surface area (Å²) in [7, 11) is 0. The summed E-state index contributed by atoms with van der Waals surface area (Å²) in [6.07, 6.45) is 3.01. The highest BCUT2D eigenvalue weighted by Gasteiger charge is 2.17. The van der Waals surface area contributed by atoms with Gasteiger partial charge in [-0.05, 0) is 30.3 Å². The van der Waals surface area contributed by atoms with Gasteiger partial charge < -0.3 is 14.2 Å². The first-order valence-electron chi connectivity index (χ1n) is 9.68. The molecular formula is C22H16F2N4O4. The molecule has 0 bridgehead atoms. The largest absolute Gasteiger partial charge is 0.486 e. The van der Waals surface area contributed by atoms with Crippen LogP contribution in [0, 0.1) is 0 Å². The maximum Gasteiger partial charge on any atom is 0.387 e. The van der Waals surface area contributed by atoms with Crippen molar-refractivity contribution in [3.05, 3.63) is 77.2 Å². The van der Waals surface area contributed by atoms with Gasteiger partial charge in [-0.3, -0.25) is 4.79 Å². The van der Waals surface area contributed by atoms with Gasteiger partial charge in [-0.15, -0.1) is 0 Å². The predicted molar refractivity (Wildman–Crippen MR) is 110 cm³/mol. The fourth-order valence-electron chi connectivity index (χ4n) is 3.38. The molecule has 0 spiro atoms. The fraction of sp³-hybridized carbons (Fsp3) is 0.136. The SMILES string of the molecule is O=c1ccn(-c2cccc(OC(F)F)c2)nc1-c1ccnn1-c1ccc2c(c1)OCCO2. The van der Waals surface area contributed by atoms with E-state index in [9.17, 15) is 13.6 Å². The maximum atomic E-state index is 12.6. The van der Waals surface area contributed by atoms with Crippen LogP contribution in [0.25, 0.3) is 22.8 Å². The first kappa shape index (κ1) is 19.7. The summed E-state index contributed by atoms with van der Waals surface area (Å²) in [5.74, 6) is 1.21. The van der Waals surface area contributed by atoms with E-state index in [4.69, 9.17) is 9.47 Å². The third kappa shape index (κ3) is 3.78. The number of hydrogen-bond donors (Lipinski definition) is 0. The van der Waals surface area contributed by atoms with Crippen LogP contribution in [0.4, 0.5) is 8.78 Å². The quantitative estimate of drug-likeness (QED) is 0.475. The van der Waals surface area contributed by atoms with Gasteiger partial charge >= 0.3 is 6.61 Å². The maximum absolute atomic E-state index is 12.6. The Morgan fingerprint density at radius 1 is 0.969 bits per heavy atom. The Labute approximate surface area is 180 Å². The Morgan fingerprint density at radius 3 is 2.66 bits per heavy atom. The summed E-state index contributed by atoms with van der Waals surface area (Å²) in [4.78, 5) is 12.6. The molecule has 0 radical (unpaired) electrons. The highest BCUT2D eigenvalue weighted by Crippen LogP contribution is 2.33. The van der Waals surface area contributed by atoms with Crippen LogP contribution >= 0.6 is 0 Å². The molecular weight excluding hydrogens is 422 g/mol. The topological polar surface area (TPSA) is 80.4 Å². The van der Waals surface area contributed by atoms with Crippen LogP contribution in [0.5, 0.6) is 17.2 Å². The molecule has 1 aliphatic rings. The molecule has 0 saturated heterocycles. The number of aromatic nitrogens is 4. The second-order valence-corrected chi connectivity index (χ2v) is 6.81. The zero-order valence-corrected chi connectivity index (χ0v) is 16.5. The highest BCUT2D eigenvalue weighted by atomic mass is 19.3. The smallest absolute Gasteiger partial charge is 0.387 e. The van der Waals surface area contributed by atoms with E-state index in [-0.39, 0.29) is 16.9 Å². The molecule has 3 heterocycles. The monoisotopic (exact) mass is 438 g/mol. The molecule has 162 valence electrons. The zero-order valence-electron chi connectivity index (χ0n) is 16.5. The number of benzene rings is 2. The van der Waals surface area contributed by atoms with Gasteiger partial charge in [-0.1, -0.05) is 6.07 Å². The Bertz CT molecular complexity index is 1340. The van der Waals surface area contributed by atoms with Crippen molar-refractivity contribution in [2.45, 2.75) is 6.61 Å². The van der Waals surface area contributed by atoms with E-state index in [0.29, 0.717) is 41.8 Å². The van der Waals surface area contributed by atoms with E-state index in [2.05, 4.69) is 14.9 Å². The van der Waals surface area contributed by atoms with Crippen LogP contribution in [-0.2, 0) is 0 Å². The minimum Gasteiger partial charge on any atom is -0.486 e. The fourth-order valence-corrected chi connectivity index (χ4v) is 3.38. The summed E-state index contributed by atoms with van der Waals surface area (Å²) < 4.78 is 43.7. The first-order valence-corrected chi connectivity index (χ1v) is 9.68. The molecule has 1 aliphatic heterocycles. The Kier molecular flexibility index (Phi) is 5.02. The minimum atomic E-state index is -2.94. The average molecular weight is 438 g/mol. The first-order chi connectivity index (χ1) is 15.6. The third-order valence-electron chi connectivity index (χ3n) is 4.77. The van der Waals surface area contributed by atoms with Gasteiger partial charge in [0.1, 0.15) is 19.0 Å². The van der Waals surface area contributed by atoms with Crippen LogP contribution < -0.4 is 19.6 Å². The van der Waals surface area contributed by atoms with E-state index >= 15 is 0 Å². The van der Waals surface area contributed by atoms with Gasteiger partial charge in [0, 0.05) is 24.4 Å². The molecule has 8 nitrogen and oxygen atoms in total. The molecule has 2 aromatic carbocycles. The van der Waals surface area contributed by atoms with Gasteiger partial charge in [0.25, 0.3) is 0 Å². The molecule has 0 fully saturated rings. The van der Waals surface area contributed by atoms with Crippen LogP contribution in [0.3, 0.4) is 0 Å². The lowest BCUT2D eigenvalue weighted by atomic mass is 10.2. The predicted octanol–water partition coefficient (Wildman–Crippen LogP) is 3.46. The number of nitrogens with zero attached hydrogens (tertiary/aromatic N) is 4. The lowest BCUT2D eigenvalue weighted by Crippen LogP contribution is -2.16. The van der Waals surface area contributed by atoms with Crippen LogP contribution in [0.1, 0.15) is 0 Å². The van der Waals surface area contributed by atoms with E-state index in [0.717, 1.165) is 0 Å². The highest BCUT2D eigenvalue weighted by molar-refractivity contribution is 5.59. The third-order valence-corrected chi connectivity index (χ3v) is 4.77. The summed E-state index contributed by atoms with van der Waals surface area (Å²) in [5.41, 5.74) is 1.40. The van der Waals surface area contributed by atoms with Gasteiger partial charge in [0.2, 0.25) is 5.43 Å². The van der Waals surface area contributed by atoms with Crippen LogP contribution in [-0.4, -0.2) is 39.4 Å². The van der Waals surface area contributed by atoms with E-state index in [1.54, 1.807) is 47.3 Å². The molecule has 0 atom stereocenters. The average Bonchev–Trinajstić information content (AvgIpc) is 3.28. The Balaban J connectivity index is 1.55. The summed E-state index contributed by atoms with van der Waals surface area (Å²) in [6, 6.07) is 14.4. The van der Waals surface area contributed by atoms with Crippen molar-refractivity contribution in [3.8, 4) is 40.0 Å². The number of halogens is 2. The van der Waals surface area contributed by atoms with E-state index in [1.807, 2.05) is 0 Å². The van der Waals surface area contributed by atoms with Crippen LogP contribution in [0.2, 0.25) is 0 Å². The number of hydrogen-bond acceptors (Lipinski definition) is 6. The second-order valence-electron chi connectivity index (χ2n) is 6.81. The molecule has 0 amide bonds. The van der Waals surface area contributed by atoms with E-state index in [1.165, 1.54) is 29.1 Å². The summed E-state index contributed by atoms with van der Waals surface area (Å²) in [6.45, 7) is -2.01. The number of alkyl halides is 2. The molecule has 4 aromatic rings. The minimum absolute atomic E-state index is 0.0131.